The molecule has 11 heavy (non-hydrogen) atoms. The molecule has 64 valence electrons. The van der Waals surface area contributed by atoms with Crippen molar-refractivity contribution in [3.63, 3.8) is 0 Å². The van der Waals surface area contributed by atoms with Gasteiger partial charge in [0.05, 0.1) is 0 Å². The summed E-state index contributed by atoms with van der Waals surface area (Å²) >= 11 is 6.56. The molecule has 0 aromatic carbocycles. The van der Waals surface area contributed by atoms with Crippen molar-refractivity contribution in [1.82, 2.24) is 5.01 Å². The minimum atomic E-state index is 0.804. The van der Waals surface area contributed by atoms with E-state index in [1.54, 1.807) is 5.01 Å². The number of nitrogens with zero attached hydrogens (tertiary/aromatic N) is 2. The average molecular weight is 190 g/mol. The van der Waals surface area contributed by atoms with Gasteiger partial charge in [-0.3, -0.25) is 5.01 Å². The Morgan fingerprint density at radius 2 is 2.18 bits per heavy atom. The second kappa shape index (κ2) is 5.55. The Bertz CT molecular complexity index is 166. The molecule has 0 aliphatic carbocycles. The summed E-state index contributed by atoms with van der Waals surface area (Å²) in [6, 6.07) is 0. The van der Waals surface area contributed by atoms with Gasteiger partial charge < -0.3 is 0 Å². The first-order valence-electron chi connectivity index (χ1n) is 3.47. The number of thioether (sulfide) groups is 1. The molecule has 0 N–H and O–H groups in total. The molecule has 0 amide bonds. The fourth-order valence-electron chi connectivity index (χ4n) is 0.500. The highest BCUT2D eigenvalue weighted by atomic mass is 32.2. The van der Waals surface area contributed by atoms with E-state index in [4.69, 9.17) is 12.2 Å². The van der Waals surface area contributed by atoms with Crippen LogP contribution in [0.25, 0.3) is 0 Å². The van der Waals surface area contributed by atoms with Crippen LogP contribution in [0, 0.1) is 0 Å². The zero-order chi connectivity index (χ0) is 8.85. The summed E-state index contributed by atoms with van der Waals surface area (Å²) in [6.07, 6.45) is 2.93. The van der Waals surface area contributed by atoms with E-state index in [-0.39, 0.29) is 0 Å². The van der Waals surface area contributed by atoms with Crippen LogP contribution >= 0.6 is 24.0 Å². The molecule has 0 atom stereocenters. The first-order chi connectivity index (χ1) is 5.11. The molecule has 0 aromatic heterocycles. The van der Waals surface area contributed by atoms with Gasteiger partial charge in [0.25, 0.3) is 0 Å². The maximum Gasteiger partial charge on any atom is 0.156 e. The molecule has 0 aromatic rings. The molecule has 0 aliphatic rings. The van der Waals surface area contributed by atoms with Crippen LogP contribution in [0.3, 0.4) is 0 Å². The highest BCUT2D eigenvalue weighted by Gasteiger charge is 1.99. The average Bonchev–Trinajstić information content (AvgIpc) is 2.02. The van der Waals surface area contributed by atoms with Crippen LogP contribution in [0.2, 0.25) is 0 Å². The minimum absolute atomic E-state index is 0.804. The molecule has 2 nitrogen and oxygen atoms in total. The van der Waals surface area contributed by atoms with E-state index in [0.29, 0.717) is 0 Å². The third-order valence-corrected chi connectivity index (χ3v) is 2.65. The fourth-order valence-corrected chi connectivity index (χ4v) is 0.846. The zero-order valence-electron chi connectivity index (χ0n) is 7.42. The monoisotopic (exact) mass is 190 g/mol. The largest absolute Gasteiger partial charge is 0.252 e. The molecule has 0 bridgehead atoms. The van der Waals surface area contributed by atoms with E-state index >= 15 is 0 Å². The molecule has 0 saturated heterocycles. The fraction of sp³-hybridized carbons (Fsp3) is 0.714. The zero-order valence-corrected chi connectivity index (χ0v) is 9.05. The molecule has 0 heterocycles. The summed E-state index contributed by atoms with van der Waals surface area (Å²) in [4.78, 5) is 0. The van der Waals surface area contributed by atoms with Gasteiger partial charge in [-0.25, -0.2) is 0 Å². The Labute approximate surface area is 78.0 Å². The van der Waals surface area contributed by atoms with E-state index < -0.39 is 0 Å². The van der Waals surface area contributed by atoms with Crippen LogP contribution in [0.5, 0.6) is 0 Å². The lowest BCUT2D eigenvalue weighted by molar-refractivity contribution is 0.562. The van der Waals surface area contributed by atoms with Gasteiger partial charge in [0.2, 0.25) is 0 Å². The normalized spacial score (nSPS) is 11.5. The maximum atomic E-state index is 5.03. The highest BCUT2D eigenvalue weighted by Crippen LogP contribution is 2.03. The molecule has 0 rings (SSSR count). The third kappa shape index (κ3) is 4.37. The second-order valence-electron chi connectivity index (χ2n) is 2.18. The quantitative estimate of drug-likeness (QED) is 0.377. The summed E-state index contributed by atoms with van der Waals surface area (Å²) in [5, 5.41) is 5.99. The van der Waals surface area contributed by atoms with Crippen molar-refractivity contribution in [2.75, 3.05) is 13.3 Å². The maximum absolute atomic E-state index is 5.03. The summed E-state index contributed by atoms with van der Waals surface area (Å²) < 4.78 is 0.804. The number of hydrogen-bond donors (Lipinski definition) is 0. The van der Waals surface area contributed by atoms with Crippen molar-refractivity contribution < 1.29 is 0 Å². The SMILES string of the molecule is CC/C(C)=N/N(C)C(=S)SC. The van der Waals surface area contributed by atoms with Gasteiger partial charge >= 0.3 is 0 Å². The van der Waals surface area contributed by atoms with Crippen LogP contribution in [0.15, 0.2) is 5.10 Å². The van der Waals surface area contributed by atoms with Crippen molar-refractivity contribution in [3.05, 3.63) is 0 Å². The lowest BCUT2D eigenvalue weighted by Crippen LogP contribution is -2.16. The smallest absolute Gasteiger partial charge is 0.156 e. The predicted octanol–water partition coefficient (Wildman–Crippen LogP) is 2.35. The topological polar surface area (TPSA) is 15.6 Å². The molecule has 0 fully saturated rings. The Hall–Kier alpha value is -0.0900. The van der Waals surface area contributed by atoms with E-state index in [1.807, 2.05) is 20.2 Å². The standard InChI is InChI=1S/C7H14N2S2/c1-5-6(2)8-9(3)7(10)11-4/h5H2,1-4H3/b8-6+. The molecule has 0 spiro atoms. The van der Waals surface area contributed by atoms with Crippen molar-refractivity contribution >= 4 is 34.0 Å². The lowest BCUT2D eigenvalue weighted by atomic mass is 10.3. The van der Waals surface area contributed by atoms with Crippen molar-refractivity contribution in [2.45, 2.75) is 20.3 Å². The van der Waals surface area contributed by atoms with Crippen LogP contribution in [0.1, 0.15) is 20.3 Å². The van der Waals surface area contributed by atoms with E-state index in [0.717, 1.165) is 16.5 Å². The van der Waals surface area contributed by atoms with Crippen LogP contribution in [-0.2, 0) is 0 Å². The van der Waals surface area contributed by atoms with E-state index in [1.165, 1.54) is 11.8 Å². The Balaban J connectivity index is 4.04. The highest BCUT2D eigenvalue weighted by molar-refractivity contribution is 8.22. The van der Waals surface area contributed by atoms with Gasteiger partial charge in [-0.05, 0) is 19.6 Å². The Morgan fingerprint density at radius 1 is 1.64 bits per heavy atom. The van der Waals surface area contributed by atoms with Gasteiger partial charge in [-0.2, -0.15) is 5.10 Å². The van der Waals surface area contributed by atoms with Crippen LogP contribution < -0.4 is 0 Å². The van der Waals surface area contributed by atoms with Gasteiger partial charge in [0, 0.05) is 12.8 Å². The second-order valence-corrected chi connectivity index (χ2v) is 3.62. The first kappa shape index (κ1) is 10.9. The molecule has 0 unspecified atom stereocenters. The van der Waals surface area contributed by atoms with E-state index in [9.17, 15) is 0 Å². The van der Waals surface area contributed by atoms with Gasteiger partial charge in [-0.1, -0.05) is 30.9 Å². The summed E-state index contributed by atoms with van der Waals surface area (Å²) in [7, 11) is 1.87. The molecular formula is C7H14N2S2. The predicted molar refractivity (Wildman–Crippen MR) is 57.3 cm³/mol. The van der Waals surface area contributed by atoms with Gasteiger partial charge in [-0.15, -0.1) is 0 Å². The third-order valence-electron chi connectivity index (χ3n) is 1.27. The van der Waals surface area contributed by atoms with E-state index in [2.05, 4.69) is 12.0 Å². The van der Waals surface area contributed by atoms with Crippen molar-refractivity contribution in [1.29, 1.82) is 0 Å². The molecule has 0 aliphatic heterocycles. The summed E-state index contributed by atoms with van der Waals surface area (Å²) in [6.45, 7) is 4.08. The van der Waals surface area contributed by atoms with Crippen molar-refractivity contribution in [2.24, 2.45) is 5.10 Å². The molecular weight excluding hydrogens is 176 g/mol. The van der Waals surface area contributed by atoms with Crippen LogP contribution in [0.4, 0.5) is 0 Å². The summed E-state index contributed by atoms with van der Waals surface area (Å²) in [5.41, 5.74) is 1.10. The molecule has 4 heteroatoms. The van der Waals surface area contributed by atoms with Crippen molar-refractivity contribution in [3.8, 4) is 0 Å². The molecule has 0 saturated carbocycles. The number of thiocarbonyl (C=S) groups is 1. The van der Waals surface area contributed by atoms with Crippen LogP contribution in [-0.4, -0.2) is 28.3 Å². The number of hydrogen-bond acceptors (Lipinski definition) is 3. The first-order valence-corrected chi connectivity index (χ1v) is 5.10. The Morgan fingerprint density at radius 3 is 2.55 bits per heavy atom. The van der Waals surface area contributed by atoms with Gasteiger partial charge in [0.15, 0.2) is 4.32 Å². The summed E-state index contributed by atoms with van der Waals surface area (Å²) in [5.74, 6) is 0. The molecule has 0 radical (unpaired) electrons. The van der Waals surface area contributed by atoms with Gasteiger partial charge in [0.1, 0.15) is 0 Å². The minimum Gasteiger partial charge on any atom is -0.252 e. The number of rotatable bonds is 2. The number of hydrazone groups is 1. The lowest BCUT2D eigenvalue weighted by Gasteiger charge is -2.12. The Kier molecular flexibility index (Phi) is 5.50.